The summed E-state index contributed by atoms with van der Waals surface area (Å²) in [6.07, 6.45) is -0.0244. The van der Waals surface area contributed by atoms with Gasteiger partial charge in [-0.05, 0) is 12.5 Å². The summed E-state index contributed by atoms with van der Waals surface area (Å²) < 4.78 is 0. The maximum atomic E-state index is 10.4. The van der Waals surface area contributed by atoms with Crippen molar-refractivity contribution in [3.63, 3.8) is 0 Å². The lowest BCUT2D eigenvalue weighted by Crippen LogP contribution is -2.14. The molecule has 1 atom stereocenters. The van der Waals surface area contributed by atoms with Crippen LogP contribution in [-0.2, 0) is 4.79 Å². The van der Waals surface area contributed by atoms with Gasteiger partial charge in [-0.15, -0.1) is 12.4 Å². The smallest absolute Gasteiger partial charge is 0.305 e. The predicted molar refractivity (Wildman–Crippen MR) is 57.6 cm³/mol. The number of nitrogens with two attached hydrogens (primary N) is 1. The van der Waals surface area contributed by atoms with Gasteiger partial charge >= 0.3 is 5.97 Å². The third-order valence-corrected chi connectivity index (χ3v) is 1.86. The van der Waals surface area contributed by atoms with E-state index in [1.807, 2.05) is 31.2 Å². The summed E-state index contributed by atoms with van der Waals surface area (Å²) in [5.74, 6) is -0.867. The summed E-state index contributed by atoms with van der Waals surface area (Å²) in [6.45, 7) is 1.96. The molecule has 1 aromatic rings. The van der Waals surface area contributed by atoms with Gasteiger partial charge < -0.3 is 10.8 Å². The second-order valence-corrected chi connectivity index (χ2v) is 3.12. The normalized spacial score (nSPS) is 11.6. The van der Waals surface area contributed by atoms with Gasteiger partial charge in [-0.25, -0.2) is 0 Å². The van der Waals surface area contributed by atoms with Crippen molar-refractivity contribution >= 4 is 18.4 Å². The molecular formula is C10H14ClNO2. The lowest BCUT2D eigenvalue weighted by Gasteiger charge is -2.09. The topological polar surface area (TPSA) is 63.3 Å². The highest BCUT2D eigenvalue weighted by Gasteiger charge is 2.09. The van der Waals surface area contributed by atoms with Crippen LogP contribution < -0.4 is 5.73 Å². The fourth-order valence-electron chi connectivity index (χ4n) is 1.21. The Bertz CT molecular complexity index is 315. The number of benzene rings is 1. The number of hydrogen-bond donors (Lipinski definition) is 2. The Kier molecular flexibility index (Phi) is 5.20. The van der Waals surface area contributed by atoms with Gasteiger partial charge in [0, 0.05) is 6.04 Å². The molecule has 0 bridgehead atoms. The number of rotatable bonds is 3. The average Bonchev–Trinajstić information content (AvgIpc) is 2.03. The number of carboxylic acids is 1. The van der Waals surface area contributed by atoms with E-state index in [9.17, 15) is 4.79 Å². The van der Waals surface area contributed by atoms with Crippen molar-refractivity contribution in [3.8, 4) is 0 Å². The molecule has 14 heavy (non-hydrogen) atoms. The summed E-state index contributed by atoms with van der Waals surface area (Å²) in [4.78, 5) is 10.4. The van der Waals surface area contributed by atoms with Crippen LogP contribution in [0.3, 0.4) is 0 Å². The van der Waals surface area contributed by atoms with Crippen LogP contribution in [0.2, 0.25) is 0 Å². The van der Waals surface area contributed by atoms with E-state index in [0.29, 0.717) is 0 Å². The van der Waals surface area contributed by atoms with E-state index in [4.69, 9.17) is 10.8 Å². The fraction of sp³-hybridized carbons (Fsp3) is 0.300. The van der Waals surface area contributed by atoms with Gasteiger partial charge in [0.15, 0.2) is 0 Å². The van der Waals surface area contributed by atoms with Crippen molar-refractivity contribution in [2.45, 2.75) is 19.4 Å². The first kappa shape index (κ1) is 12.9. The predicted octanol–water partition coefficient (Wildman–Crippen LogP) is 1.89. The second-order valence-electron chi connectivity index (χ2n) is 3.12. The highest BCUT2D eigenvalue weighted by molar-refractivity contribution is 5.85. The van der Waals surface area contributed by atoms with Crippen molar-refractivity contribution in [2.24, 2.45) is 5.73 Å². The highest BCUT2D eigenvalue weighted by atomic mass is 35.5. The molecule has 0 spiro atoms. The first-order chi connectivity index (χ1) is 6.09. The highest BCUT2D eigenvalue weighted by Crippen LogP contribution is 2.14. The summed E-state index contributed by atoms with van der Waals surface area (Å²) in [5, 5.41) is 8.53. The SMILES string of the molecule is Cc1cccc(C(N)CC(=O)O)c1.Cl. The van der Waals surface area contributed by atoms with Crippen molar-refractivity contribution in [2.75, 3.05) is 0 Å². The molecular weight excluding hydrogens is 202 g/mol. The summed E-state index contributed by atoms with van der Waals surface area (Å²) >= 11 is 0. The molecule has 0 aliphatic heterocycles. The van der Waals surface area contributed by atoms with Crippen LogP contribution in [0.25, 0.3) is 0 Å². The van der Waals surface area contributed by atoms with E-state index in [0.717, 1.165) is 11.1 Å². The second kappa shape index (κ2) is 5.62. The van der Waals surface area contributed by atoms with Gasteiger partial charge in [0.05, 0.1) is 6.42 Å². The number of aliphatic carboxylic acids is 1. The lowest BCUT2D eigenvalue weighted by molar-refractivity contribution is -0.137. The Morgan fingerprint density at radius 1 is 1.57 bits per heavy atom. The van der Waals surface area contributed by atoms with E-state index in [2.05, 4.69) is 0 Å². The molecule has 4 heteroatoms. The molecule has 1 aromatic carbocycles. The van der Waals surface area contributed by atoms with Gasteiger partial charge in [-0.2, -0.15) is 0 Å². The first-order valence-corrected chi connectivity index (χ1v) is 4.13. The Balaban J connectivity index is 0.00000169. The molecule has 3 N–H and O–H groups in total. The molecule has 0 saturated heterocycles. The molecule has 0 heterocycles. The minimum absolute atomic E-state index is 0. The zero-order valence-electron chi connectivity index (χ0n) is 7.93. The van der Waals surface area contributed by atoms with Crippen molar-refractivity contribution in [1.29, 1.82) is 0 Å². The average molecular weight is 216 g/mol. The summed E-state index contributed by atoms with van der Waals surface area (Å²) in [7, 11) is 0. The van der Waals surface area contributed by atoms with Crippen LogP contribution >= 0.6 is 12.4 Å². The zero-order valence-corrected chi connectivity index (χ0v) is 8.75. The molecule has 0 radical (unpaired) electrons. The van der Waals surface area contributed by atoms with Crippen LogP contribution in [0.1, 0.15) is 23.6 Å². The first-order valence-electron chi connectivity index (χ1n) is 4.13. The van der Waals surface area contributed by atoms with Crippen LogP contribution in [0.15, 0.2) is 24.3 Å². The molecule has 0 aromatic heterocycles. The molecule has 0 fully saturated rings. The standard InChI is InChI=1S/C10H13NO2.ClH/c1-7-3-2-4-8(5-7)9(11)6-10(12)13;/h2-5,9H,6,11H2,1H3,(H,12,13);1H. The molecule has 78 valence electrons. The largest absolute Gasteiger partial charge is 0.481 e. The maximum Gasteiger partial charge on any atom is 0.305 e. The van der Waals surface area contributed by atoms with E-state index >= 15 is 0 Å². The van der Waals surface area contributed by atoms with Gasteiger partial charge in [0.25, 0.3) is 0 Å². The van der Waals surface area contributed by atoms with Crippen molar-refractivity contribution < 1.29 is 9.90 Å². The number of carboxylic acid groups (broad SMARTS) is 1. The quantitative estimate of drug-likeness (QED) is 0.810. The van der Waals surface area contributed by atoms with Crippen LogP contribution in [-0.4, -0.2) is 11.1 Å². The number of carbonyl (C=O) groups is 1. The molecule has 0 saturated carbocycles. The van der Waals surface area contributed by atoms with E-state index in [1.54, 1.807) is 0 Å². The minimum Gasteiger partial charge on any atom is -0.481 e. The minimum atomic E-state index is -0.867. The van der Waals surface area contributed by atoms with Crippen molar-refractivity contribution in [3.05, 3.63) is 35.4 Å². The van der Waals surface area contributed by atoms with E-state index in [1.165, 1.54) is 0 Å². The summed E-state index contributed by atoms with van der Waals surface area (Å²) in [6, 6.07) is 7.19. The Labute approximate surface area is 89.3 Å². The number of halogens is 1. The maximum absolute atomic E-state index is 10.4. The van der Waals surface area contributed by atoms with Crippen LogP contribution in [0.5, 0.6) is 0 Å². The van der Waals surface area contributed by atoms with E-state index < -0.39 is 12.0 Å². The molecule has 0 aliphatic carbocycles. The monoisotopic (exact) mass is 215 g/mol. The van der Waals surface area contributed by atoms with Crippen molar-refractivity contribution in [1.82, 2.24) is 0 Å². The Morgan fingerprint density at radius 3 is 2.71 bits per heavy atom. The zero-order chi connectivity index (χ0) is 9.84. The van der Waals surface area contributed by atoms with Crippen LogP contribution in [0.4, 0.5) is 0 Å². The van der Waals surface area contributed by atoms with Crippen LogP contribution in [0, 0.1) is 6.92 Å². The Morgan fingerprint density at radius 2 is 2.21 bits per heavy atom. The van der Waals surface area contributed by atoms with Gasteiger partial charge in [0.1, 0.15) is 0 Å². The molecule has 0 aliphatic rings. The fourth-order valence-corrected chi connectivity index (χ4v) is 1.21. The molecule has 0 amide bonds. The lowest BCUT2D eigenvalue weighted by atomic mass is 10.0. The molecule has 3 nitrogen and oxygen atoms in total. The van der Waals surface area contributed by atoms with Gasteiger partial charge in [-0.1, -0.05) is 29.8 Å². The summed E-state index contributed by atoms with van der Waals surface area (Å²) in [5.41, 5.74) is 7.66. The third-order valence-electron chi connectivity index (χ3n) is 1.86. The van der Waals surface area contributed by atoms with E-state index in [-0.39, 0.29) is 18.8 Å². The third kappa shape index (κ3) is 3.77. The number of hydrogen-bond acceptors (Lipinski definition) is 2. The van der Waals surface area contributed by atoms with Gasteiger partial charge in [0.2, 0.25) is 0 Å². The van der Waals surface area contributed by atoms with Gasteiger partial charge in [-0.3, -0.25) is 4.79 Å². The molecule has 1 rings (SSSR count). The molecule has 1 unspecified atom stereocenters. The Hall–Kier alpha value is -1.06. The number of aryl methyl sites for hydroxylation is 1.